The van der Waals surface area contributed by atoms with Crippen LogP contribution in [0, 0.1) is 5.41 Å². The van der Waals surface area contributed by atoms with Crippen molar-refractivity contribution in [1.82, 2.24) is 10.1 Å². The van der Waals surface area contributed by atoms with E-state index in [-0.39, 0.29) is 10.8 Å². The molecule has 2 bridgehead atoms. The zero-order valence-electron chi connectivity index (χ0n) is 12.4. The summed E-state index contributed by atoms with van der Waals surface area (Å²) in [6, 6.07) is 0. The lowest BCUT2D eigenvalue weighted by Crippen LogP contribution is -2.46. The van der Waals surface area contributed by atoms with Crippen LogP contribution < -0.4 is 4.90 Å². The Morgan fingerprint density at radius 3 is 2.33 bits per heavy atom. The van der Waals surface area contributed by atoms with Crippen molar-refractivity contribution in [2.45, 2.75) is 43.9 Å². The molecular formula is C15H23N3O3. The van der Waals surface area contributed by atoms with Gasteiger partial charge in [0.15, 0.2) is 0 Å². The quantitative estimate of drug-likeness (QED) is 0.910. The Labute approximate surface area is 124 Å². The number of ether oxygens (including phenoxy) is 1. The minimum absolute atomic E-state index is 0.0639. The molecular weight excluding hydrogens is 270 g/mol. The molecule has 1 aromatic rings. The number of fused-ring (bicyclic) bond motifs is 3. The molecule has 3 saturated carbocycles. The lowest BCUT2D eigenvalue weighted by molar-refractivity contribution is -0.0175. The average molecular weight is 293 g/mol. The van der Waals surface area contributed by atoms with Crippen LogP contribution in [0.5, 0.6) is 0 Å². The molecule has 4 aliphatic rings. The highest BCUT2D eigenvalue weighted by molar-refractivity contribution is 5.30. The molecule has 5 rings (SSSR count). The average Bonchev–Trinajstić information content (AvgIpc) is 3.08. The molecule has 0 spiro atoms. The topological polar surface area (TPSA) is 71.6 Å². The number of aromatic nitrogens is 2. The monoisotopic (exact) mass is 293 g/mol. The third-order valence-electron chi connectivity index (χ3n) is 5.90. The summed E-state index contributed by atoms with van der Waals surface area (Å²) in [5.41, 5.74) is 0.239. The van der Waals surface area contributed by atoms with Crippen LogP contribution in [0.3, 0.4) is 0 Å². The first-order valence-corrected chi connectivity index (χ1v) is 8.03. The molecule has 0 amide bonds. The number of nitrogens with zero attached hydrogens (tertiary/aromatic N) is 3. The second-order valence-electron chi connectivity index (χ2n) is 6.94. The molecule has 21 heavy (non-hydrogen) atoms. The Kier molecular flexibility index (Phi) is 3.19. The van der Waals surface area contributed by atoms with Gasteiger partial charge in [0.1, 0.15) is 0 Å². The second kappa shape index (κ2) is 4.95. The Bertz CT molecular complexity index is 485. The van der Waals surface area contributed by atoms with E-state index in [1.54, 1.807) is 0 Å². The van der Waals surface area contributed by atoms with Crippen LogP contribution in [0.2, 0.25) is 0 Å². The van der Waals surface area contributed by atoms with E-state index in [4.69, 9.17) is 14.2 Å². The van der Waals surface area contributed by atoms with Crippen LogP contribution in [-0.4, -0.2) is 48.2 Å². The number of aliphatic hydroxyl groups excluding tert-OH is 1. The number of aliphatic hydroxyl groups is 1. The Hall–Kier alpha value is -1.14. The summed E-state index contributed by atoms with van der Waals surface area (Å²) in [7, 11) is 0. The molecule has 0 radical (unpaired) electrons. The van der Waals surface area contributed by atoms with E-state index in [0.717, 1.165) is 70.7 Å². The summed E-state index contributed by atoms with van der Waals surface area (Å²) in [6.07, 6.45) is 6.45. The van der Waals surface area contributed by atoms with Crippen molar-refractivity contribution in [3.8, 4) is 0 Å². The first-order chi connectivity index (χ1) is 10.3. The first kappa shape index (κ1) is 13.5. The fourth-order valence-corrected chi connectivity index (χ4v) is 4.14. The number of hydrogen-bond acceptors (Lipinski definition) is 6. The van der Waals surface area contributed by atoms with Crippen LogP contribution in [0.1, 0.15) is 44.4 Å². The molecule has 1 aromatic heterocycles. The highest BCUT2D eigenvalue weighted by Crippen LogP contribution is 2.57. The third kappa shape index (κ3) is 2.16. The molecule has 2 heterocycles. The van der Waals surface area contributed by atoms with Crippen molar-refractivity contribution in [3.63, 3.8) is 0 Å². The van der Waals surface area contributed by atoms with Gasteiger partial charge in [-0.2, -0.15) is 4.98 Å². The van der Waals surface area contributed by atoms with E-state index in [0.29, 0.717) is 12.6 Å². The van der Waals surface area contributed by atoms with Gasteiger partial charge in [-0.05, 0) is 49.1 Å². The predicted molar refractivity (Wildman–Crippen MR) is 76.2 cm³/mol. The van der Waals surface area contributed by atoms with Crippen molar-refractivity contribution < 1.29 is 14.4 Å². The number of morpholine rings is 1. The minimum Gasteiger partial charge on any atom is -0.396 e. The fraction of sp³-hybridized carbons (Fsp3) is 0.867. The van der Waals surface area contributed by atoms with Gasteiger partial charge in [-0.3, -0.25) is 0 Å². The van der Waals surface area contributed by atoms with Gasteiger partial charge >= 0.3 is 0 Å². The van der Waals surface area contributed by atoms with Gasteiger partial charge in [-0.25, -0.2) is 0 Å². The molecule has 6 heteroatoms. The molecule has 0 atom stereocenters. The normalized spacial score (nSPS) is 36.1. The largest absolute Gasteiger partial charge is 0.396 e. The summed E-state index contributed by atoms with van der Waals surface area (Å²) >= 11 is 0. The van der Waals surface area contributed by atoms with E-state index in [1.165, 1.54) is 0 Å². The molecule has 0 unspecified atom stereocenters. The Morgan fingerprint density at radius 1 is 1.05 bits per heavy atom. The van der Waals surface area contributed by atoms with Gasteiger partial charge in [0.25, 0.3) is 5.95 Å². The molecule has 1 N–H and O–H groups in total. The van der Waals surface area contributed by atoms with Crippen molar-refractivity contribution in [1.29, 1.82) is 0 Å². The summed E-state index contributed by atoms with van der Waals surface area (Å²) in [5, 5.41) is 13.8. The first-order valence-electron chi connectivity index (χ1n) is 8.03. The van der Waals surface area contributed by atoms with E-state index in [1.807, 2.05) is 0 Å². The van der Waals surface area contributed by atoms with Gasteiger partial charge in [-0.15, -0.1) is 0 Å². The SMILES string of the molecule is OCC12CCC(c3nc(N4CCOCC4)no3)(CC1)CC2. The van der Waals surface area contributed by atoms with E-state index >= 15 is 0 Å². The van der Waals surface area contributed by atoms with E-state index in [9.17, 15) is 5.11 Å². The van der Waals surface area contributed by atoms with Crippen LogP contribution in [0.15, 0.2) is 4.52 Å². The van der Waals surface area contributed by atoms with Crippen LogP contribution in [-0.2, 0) is 10.2 Å². The highest BCUT2D eigenvalue weighted by atomic mass is 16.5. The highest BCUT2D eigenvalue weighted by Gasteiger charge is 2.51. The van der Waals surface area contributed by atoms with Gasteiger partial charge in [0, 0.05) is 25.1 Å². The second-order valence-corrected chi connectivity index (χ2v) is 6.94. The minimum atomic E-state index is 0.0639. The lowest BCUT2D eigenvalue weighted by Gasteiger charge is -2.51. The number of anilines is 1. The van der Waals surface area contributed by atoms with Crippen molar-refractivity contribution in [2.24, 2.45) is 5.41 Å². The molecule has 4 fully saturated rings. The van der Waals surface area contributed by atoms with Gasteiger partial charge in [0.05, 0.1) is 13.2 Å². The maximum Gasteiger partial charge on any atom is 0.266 e. The number of rotatable bonds is 3. The Morgan fingerprint density at radius 2 is 1.71 bits per heavy atom. The van der Waals surface area contributed by atoms with Crippen LogP contribution in [0.25, 0.3) is 0 Å². The Balaban J connectivity index is 1.53. The standard InChI is InChI=1S/C15H23N3O3/c19-11-14-1-4-15(5-2-14,6-3-14)12-16-13(17-21-12)18-7-9-20-10-8-18/h19H,1-11H2. The van der Waals surface area contributed by atoms with Crippen LogP contribution in [0.4, 0.5) is 5.95 Å². The van der Waals surface area contributed by atoms with Crippen LogP contribution >= 0.6 is 0 Å². The fourth-order valence-electron chi connectivity index (χ4n) is 4.14. The zero-order chi connectivity index (χ0) is 14.3. The number of hydrogen-bond donors (Lipinski definition) is 1. The predicted octanol–water partition coefficient (Wildman–Crippen LogP) is 1.49. The third-order valence-corrected chi connectivity index (χ3v) is 5.90. The van der Waals surface area contributed by atoms with Crippen molar-refractivity contribution in [2.75, 3.05) is 37.8 Å². The zero-order valence-corrected chi connectivity index (χ0v) is 12.4. The molecule has 1 aliphatic heterocycles. The molecule has 116 valence electrons. The van der Waals surface area contributed by atoms with Gasteiger partial charge in [0.2, 0.25) is 5.89 Å². The van der Waals surface area contributed by atoms with E-state index in [2.05, 4.69) is 10.1 Å². The maximum atomic E-state index is 9.63. The van der Waals surface area contributed by atoms with E-state index < -0.39 is 0 Å². The smallest absolute Gasteiger partial charge is 0.266 e. The molecule has 3 aliphatic carbocycles. The van der Waals surface area contributed by atoms with Crippen molar-refractivity contribution in [3.05, 3.63) is 5.89 Å². The van der Waals surface area contributed by atoms with Crippen molar-refractivity contribution >= 4 is 5.95 Å². The summed E-state index contributed by atoms with van der Waals surface area (Å²) in [5.74, 6) is 1.53. The summed E-state index contributed by atoms with van der Waals surface area (Å²) in [4.78, 5) is 6.84. The van der Waals surface area contributed by atoms with Gasteiger partial charge < -0.3 is 19.3 Å². The maximum absolute atomic E-state index is 9.63. The molecule has 1 saturated heterocycles. The summed E-state index contributed by atoms with van der Waals surface area (Å²) < 4.78 is 11.0. The molecule has 6 nitrogen and oxygen atoms in total. The molecule has 0 aromatic carbocycles. The van der Waals surface area contributed by atoms with Gasteiger partial charge in [-0.1, -0.05) is 0 Å². The summed E-state index contributed by atoms with van der Waals surface area (Å²) in [6.45, 7) is 3.45. The lowest BCUT2D eigenvalue weighted by atomic mass is 9.54.